The monoisotopic (exact) mass is 302 g/mol. The zero-order valence-corrected chi connectivity index (χ0v) is 12.8. The summed E-state index contributed by atoms with van der Waals surface area (Å²) in [5.74, 6) is 1.76. The van der Waals surface area contributed by atoms with E-state index in [1.807, 2.05) is 12.1 Å². The van der Waals surface area contributed by atoms with Crippen LogP contribution in [0.3, 0.4) is 0 Å². The molecular formula is C15H18N4OS. The normalized spacial score (nSPS) is 15.1. The average Bonchev–Trinajstić information content (AvgIpc) is 2.56. The van der Waals surface area contributed by atoms with Crippen molar-refractivity contribution in [3.8, 4) is 5.75 Å². The Morgan fingerprint density at radius 2 is 1.76 bits per heavy atom. The molecule has 0 aliphatic carbocycles. The van der Waals surface area contributed by atoms with E-state index in [2.05, 4.69) is 31.9 Å². The second kappa shape index (κ2) is 6.13. The standard InChI is InChI=1S/C15H18N4OS/c1-20-13-4-2-12(3-5-13)18-8-10-19(11-9-18)14-15(21)17-7-6-16-14/h2-7H,8-11H2,1H3,(H,17,21). The molecule has 6 heteroatoms. The predicted molar refractivity (Wildman–Crippen MR) is 86.8 cm³/mol. The van der Waals surface area contributed by atoms with Gasteiger partial charge in [0.1, 0.15) is 10.4 Å². The van der Waals surface area contributed by atoms with Gasteiger partial charge in [0.15, 0.2) is 5.82 Å². The first-order valence-corrected chi connectivity index (χ1v) is 7.36. The largest absolute Gasteiger partial charge is 0.497 e. The maximum absolute atomic E-state index is 5.30. The topological polar surface area (TPSA) is 44.4 Å². The van der Waals surface area contributed by atoms with Crippen LogP contribution in [0, 0.1) is 4.64 Å². The Bertz CT molecular complexity index is 647. The molecule has 0 atom stereocenters. The molecule has 1 aromatic heterocycles. The van der Waals surface area contributed by atoms with E-state index in [4.69, 9.17) is 17.0 Å². The molecule has 0 spiro atoms. The Morgan fingerprint density at radius 3 is 2.38 bits per heavy atom. The van der Waals surface area contributed by atoms with Gasteiger partial charge in [-0.3, -0.25) is 0 Å². The first-order valence-electron chi connectivity index (χ1n) is 6.95. The molecule has 1 aliphatic rings. The van der Waals surface area contributed by atoms with Crippen LogP contribution < -0.4 is 14.5 Å². The van der Waals surface area contributed by atoms with E-state index in [0.29, 0.717) is 4.64 Å². The van der Waals surface area contributed by atoms with Crippen molar-refractivity contribution in [1.82, 2.24) is 9.97 Å². The maximum atomic E-state index is 5.30. The SMILES string of the molecule is COc1ccc(N2CCN(c3ncc[nH]c3=S)CC2)cc1. The van der Waals surface area contributed by atoms with E-state index in [-0.39, 0.29) is 0 Å². The highest BCUT2D eigenvalue weighted by Crippen LogP contribution is 2.22. The molecule has 110 valence electrons. The van der Waals surface area contributed by atoms with E-state index >= 15 is 0 Å². The van der Waals surface area contributed by atoms with E-state index in [0.717, 1.165) is 37.7 Å². The molecule has 21 heavy (non-hydrogen) atoms. The van der Waals surface area contributed by atoms with Crippen LogP contribution >= 0.6 is 12.2 Å². The molecule has 0 unspecified atom stereocenters. The van der Waals surface area contributed by atoms with Crippen molar-refractivity contribution in [2.75, 3.05) is 43.1 Å². The minimum atomic E-state index is 0.704. The molecule has 5 nitrogen and oxygen atoms in total. The number of anilines is 2. The van der Waals surface area contributed by atoms with Gasteiger partial charge in [-0.05, 0) is 24.3 Å². The third-order valence-corrected chi connectivity index (χ3v) is 4.01. The summed E-state index contributed by atoms with van der Waals surface area (Å²) in [5, 5.41) is 0. The summed E-state index contributed by atoms with van der Waals surface area (Å²) in [7, 11) is 1.68. The number of nitrogens with one attached hydrogen (secondary N) is 1. The van der Waals surface area contributed by atoms with Crippen LogP contribution in [0.2, 0.25) is 0 Å². The number of ether oxygens (including phenoxy) is 1. The van der Waals surface area contributed by atoms with Crippen molar-refractivity contribution < 1.29 is 4.74 Å². The fraction of sp³-hybridized carbons (Fsp3) is 0.333. The number of hydrogen-bond acceptors (Lipinski definition) is 5. The number of nitrogens with zero attached hydrogens (tertiary/aromatic N) is 3. The van der Waals surface area contributed by atoms with E-state index < -0.39 is 0 Å². The van der Waals surface area contributed by atoms with Gasteiger partial charge in [-0.25, -0.2) is 4.98 Å². The summed E-state index contributed by atoms with van der Waals surface area (Å²) < 4.78 is 5.90. The number of H-pyrrole nitrogens is 1. The number of piperazine rings is 1. The third-order valence-electron chi connectivity index (χ3n) is 3.71. The number of benzene rings is 1. The van der Waals surface area contributed by atoms with Crippen LogP contribution in [0.1, 0.15) is 0 Å². The number of methoxy groups -OCH3 is 1. The second-order valence-electron chi connectivity index (χ2n) is 4.91. The van der Waals surface area contributed by atoms with Crippen LogP contribution in [0.15, 0.2) is 36.7 Å². The van der Waals surface area contributed by atoms with Gasteiger partial charge in [-0.2, -0.15) is 0 Å². The zero-order valence-electron chi connectivity index (χ0n) is 12.0. The van der Waals surface area contributed by atoms with Gasteiger partial charge < -0.3 is 19.5 Å². The summed E-state index contributed by atoms with van der Waals surface area (Å²) in [4.78, 5) is 12.0. The minimum Gasteiger partial charge on any atom is -0.497 e. The van der Waals surface area contributed by atoms with Gasteiger partial charge in [-0.1, -0.05) is 12.2 Å². The molecular weight excluding hydrogens is 284 g/mol. The van der Waals surface area contributed by atoms with Crippen molar-refractivity contribution in [2.24, 2.45) is 0 Å². The van der Waals surface area contributed by atoms with Crippen molar-refractivity contribution in [1.29, 1.82) is 0 Å². The van der Waals surface area contributed by atoms with Crippen molar-refractivity contribution in [2.45, 2.75) is 0 Å². The van der Waals surface area contributed by atoms with Gasteiger partial charge in [0.25, 0.3) is 0 Å². The molecule has 0 radical (unpaired) electrons. The first kappa shape index (κ1) is 13.9. The van der Waals surface area contributed by atoms with Gasteiger partial charge in [0, 0.05) is 44.3 Å². The van der Waals surface area contributed by atoms with E-state index in [9.17, 15) is 0 Å². The van der Waals surface area contributed by atoms with Crippen molar-refractivity contribution >= 4 is 23.7 Å². The third kappa shape index (κ3) is 3.00. The molecule has 1 fully saturated rings. The lowest BCUT2D eigenvalue weighted by Crippen LogP contribution is -2.47. The Labute approximate surface area is 129 Å². The van der Waals surface area contributed by atoms with Crippen LogP contribution in [0.25, 0.3) is 0 Å². The molecule has 0 amide bonds. The Balaban J connectivity index is 1.67. The van der Waals surface area contributed by atoms with Gasteiger partial charge in [0.05, 0.1) is 7.11 Å². The molecule has 0 bridgehead atoms. The lowest BCUT2D eigenvalue weighted by molar-refractivity contribution is 0.415. The number of aromatic nitrogens is 2. The molecule has 1 N–H and O–H groups in total. The highest BCUT2D eigenvalue weighted by Gasteiger charge is 2.19. The fourth-order valence-electron chi connectivity index (χ4n) is 2.54. The molecule has 1 aromatic carbocycles. The van der Waals surface area contributed by atoms with Crippen molar-refractivity contribution in [3.63, 3.8) is 0 Å². The predicted octanol–water partition coefficient (Wildman–Crippen LogP) is 2.47. The molecule has 2 heterocycles. The van der Waals surface area contributed by atoms with Crippen LogP contribution in [-0.2, 0) is 0 Å². The Hall–Kier alpha value is -2.08. The number of aromatic amines is 1. The molecule has 1 saturated heterocycles. The number of rotatable bonds is 3. The van der Waals surface area contributed by atoms with E-state index in [1.54, 1.807) is 19.5 Å². The smallest absolute Gasteiger partial charge is 0.163 e. The van der Waals surface area contributed by atoms with Crippen LogP contribution in [-0.4, -0.2) is 43.3 Å². The number of hydrogen-bond donors (Lipinski definition) is 1. The summed E-state index contributed by atoms with van der Waals surface area (Å²) in [5.41, 5.74) is 1.22. The van der Waals surface area contributed by atoms with Crippen molar-refractivity contribution in [3.05, 3.63) is 41.3 Å². The molecule has 0 saturated carbocycles. The summed E-state index contributed by atoms with van der Waals surface area (Å²) in [6.45, 7) is 3.75. The summed E-state index contributed by atoms with van der Waals surface area (Å²) >= 11 is 5.30. The maximum Gasteiger partial charge on any atom is 0.163 e. The quantitative estimate of drug-likeness (QED) is 0.883. The summed E-state index contributed by atoms with van der Waals surface area (Å²) in [6.07, 6.45) is 3.51. The lowest BCUT2D eigenvalue weighted by Gasteiger charge is -2.36. The Kier molecular flexibility index (Phi) is 4.06. The zero-order chi connectivity index (χ0) is 14.7. The molecule has 2 aromatic rings. The fourth-order valence-corrected chi connectivity index (χ4v) is 2.79. The highest BCUT2D eigenvalue weighted by atomic mass is 32.1. The lowest BCUT2D eigenvalue weighted by atomic mass is 10.2. The van der Waals surface area contributed by atoms with Crippen LogP contribution in [0.4, 0.5) is 11.5 Å². The first-order chi connectivity index (χ1) is 10.3. The summed E-state index contributed by atoms with van der Waals surface area (Å²) in [6, 6.07) is 8.19. The Morgan fingerprint density at radius 1 is 1.10 bits per heavy atom. The van der Waals surface area contributed by atoms with Crippen LogP contribution in [0.5, 0.6) is 5.75 Å². The molecule has 3 rings (SSSR count). The van der Waals surface area contributed by atoms with Gasteiger partial charge >= 0.3 is 0 Å². The van der Waals surface area contributed by atoms with Gasteiger partial charge in [0.2, 0.25) is 0 Å². The highest BCUT2D eigenvalue weighted by molar-refractivity contribution is 7.71. The minimum absolute atomic E-state index is 0.704. The van der Waals surface area contributed by atoms with E-state index in [1.165, 1.54) is 5.69 Å². The average molecular weight is 302 g/mol. The molecule has 1 aliphatic heterocycles. The van der Waals surface area contributed by atoms with Gasteiger partial charge in [-0.15, -0.1) is 0 Å². The second-order valence-corrected chi connectivity index (χ2v) is 5.32.